The molecule has 12 heteroatoms. The molecule has 0 bridgehead atoms. The minimum Gasteiger partial charge on any atom is -0.493 e. The average molecular weight is 570 g/mol. The average Bonchev–Trinajstić information content (AvgIpc) is 3.54. The molecule has 0 N–H and O–H groups in total. The van der Waals surface area contributed by atoms with Gasteiger partial charge in [0.15, 0.2) is 17.2 Å². The largest absolute Gasteiger partial charge is 0.493 e. The minimum absolute atomic E-state index is 0.112. The summed E-state index contributed by atoms with van der Waals surface area (Å²) in [6.45, 7) is 12.1. The fourth-order valence-corrected chi connectivity index (χ4v) is 4.99. The van der Waals surface area contributed by atoms with Crippen LogP contribution in [0.2, 0.25) is 0 Å². The van der Waals surface area contributed by atoms with E-state index in [0.29, 0.717) is 22.4 Å². The molecule has 0 fully saturated rings. The standard InChI is InChI=1S/C29H30F3N5O4/c1-7-18(15(2)34-16(3)25(31)32)19-10-23-27(37-14-33-35-26(19)37)36(28(38)41-29(4,5)6)11-20-21(30)8-9-22-24(20)17(12-39-22)13-40-23/h7-10,14,17,25H,1,11-13H2,2-6H3/b18-15+,34-16?/t17-/m1/s1. The smallest absolute Gasteiger partial charge is 0.416 e. The second kappa shape index (κ2) is 10.6. The van der Waals surface area contributed by atoms with E-state index in [-0.39, 0.29) is 59.9 Å². The van der Waals surface area contributed by atoms with E-state index >= 15 is 4.39 Å². The van der Waals surface area contributed by atoms with E-state index in [0.717, 1.165) is 0 Å². The van der Waals surface area contributed by atoms with Crippen molar-refractivity contribution in [2.24, 2.45) is 4.99 Å². The first-order valence-corrected chi connectivity index (χ1v) is 13.0. The van der Waals surface area contributed by atoms with Gasteiger partial charge in [-0.3, -0.25) is 14.3 Å². The summed E-state index contributed by atoms with van der Waals surface area (Å²) in [5.74, 6) is 0.181. The molecule has 2 aromatic heterocycles. The van der Waals surface area contributed by atoms with Crippen molar-refractivity contribution in [2.45, 2.75) is 59.1 Å². The van der Waals surface area contributed by atoms with Crippen LogP contribution < -0.4 is 14.4 Å². The van der Waals surface area contributed by atoms with Crippen LogP contribution in [0.1, 0.15) is 57.2 Å². The number of ether oxygens (including phenoxy) is 3. The Bertz CT molecular complexity index is 1610. The number of allylic oxidation sites excluding steroid dienone is 3. The third-order valence-corrected chi connectivity index (χ3v) is 6.79. The Morgan fingerprint density at radius 2 is 1.93 bits per heavy atom. The number of benzene rings is 1. The summed E-state index contributed by atoms with van der Waals surface area (Å²) in [4.78, 5) is 19.1. The summed E-state index contributed by atoms with van der Waals surface area (Å²) < 4.78 is 61.3. The molecule has 4 heterocycles. The van der Waals surface area contributed by atoms with Gasteiger partial charge in [-0.1, -0.05) is 12.7 Å². The summed E-state index contributed by atoms with van der Waals surface area (Å²) in [7, 11) is 0. The van der Waals surface area contributed by atoms with Crippen molar-refractivity contribution in [3.63, 3.8) is 0 Å². The molecule has 0 spiro atoms. The van der Waals surface area contributed by atoms with Gasteiger partial charge in [0.2, 0.25) is 0 Å². The number of anilines is 1. The van der Waals surface area contributed by atoms with Gasteiger partial charge in [0.05, 0.1) is 31.4 Å². The zero-order valence-corrected chi connectivity index (χ0v) is 23.4. The molecule has 2 aliphatic rings. The molecule has 0 saturated carbocycles. The Balaban J connectivity index is 1.77. The van der Waals surface area contributed by atoms with Gasteiger partial charge < -0.3 is 14.2 Å². The first-order valence-electron chi connectivity index (χ1n) is 13.0. The predicted molar refractivity (Wildman–Crippen MR) is 147 cm³/mol. The van der Waals surface area contributed by atoms with Gasteiger partial charge in [0, 0.05) is 28.0 Å². The third-order valence-electron chi connectivity index (χ3n) is 6.79. The highest BCUT2D eigenvalue weighted by molar-refractivity contribution is 5.93. The normalized spacial score (nSPS) is 17.5. The highest BCUT2D eigenvalue weighted by Crippen LogP contribution is 2.43. The number of fused-ring (bicyclic) bond motifs is 3. The van der Waals surface area contributed by atoms with E-state index in [4.69, 9.17) is 14.2 Å². The summed E-state index contributed by atoms with van der Waals surface area (Å²) in [5.41, 5.74) is 1.11. The molecule has 0 aliphatic carbocycles. The molecule has 216 valence electrons. The number of nitrogens with zero attached hydrogens (tertiary/aromatic N) is 5. The van der Waals surface area contributed by atoms with E-state index in [9.17, 15) is 13.6 Å². The van der Waals surface area contributed by atoms with Crippen LogP contribution in [0.3, 0.4) is 0 Å². The molecule has 2 aliphatic heterocycles. The topological polar surface area (TPSA) is 90.6 Å². The predicted octanol–water partition coefficient (Wildman–Crippen LogP) is 6.32. The first kappa shape index (κ1) is 28.2. The fraction of sp³-hybridized carbons (Fsp3) is 0.379. The van der Waals surface area contributed by atoms with Crippen molar-refractivity contribution in [3.8, 4) is 11.5 Å². The van der Waals surface area contributed by atoms with E-state index in [1.54, 1.807) is 39.8 Å². The number of hydrogen-bond acceptors (Lipinski definition) is 7. The summed E-state index contributed by atoms with van der Waals surface area (Å²) in [5, 5.41) is 8.30. The molecule has 9 nitrogen and oxygen atoms in total. The Kier molecular flexibility index (Phi) is 7.26. The van der Waals surface area contributed by atoms with Gasteiger partial charge in [-0.05, 0) is 52.8 Å². The van der Waals surface area contributed by atoms with Crippen LogP contribution in [0.15, 0.2) is 47.9 Å². The van der Waals surface area contributed by atoms with Crippen LogP contribution in [0.25, 0.3) is 11.2 Å². The van der Waals surface area contributed by atoms with E-state index in [1.165, 1.54) is 34.7 Å². The van der Waals surface area contributed by atoms with E-state index in [2.05, 4.69) is 21.8 Å². The van der Waals surface area contributed by atoms with Gasteiger partial charge in [-0.15, -0.1) is 10.2 Å². The molecular formula is C29H30F3N5O4. The highest BCUT2D eigenvalue weighted by atomic mass is 19.3. The Morgan fingerprint density at radius 3 is 2.59 bits per heavy atom. The second-order valence-corrected chi connectivity index (χ2v) is 10.9. The van der Waals surface area contributed by atoms with Crippen LogP contribution in [-0.4, -0.2) is 51.6 Å². The maximum atomic E-state index is 15.4. The Morgan fingerprint density at radius 1 is 1.22 bits per heavy atom. The molecule has 0 saturated heterocycles. The molecule has 5 rings (SSSR count). The number of carbonyl (C=O) groups excluding carboxylic acids is 1. The Hall–Kier alpha value is -4.35. The first-order chi connectivity index (χ1) is 19.4. The molecular weight excluding hydrogens is 539 g/mol. The zero-order valence-electron chi connectivity index (χ0n) is 23.4. The van der Waals surface area contributed by atoms with Crippen LogP contribution in [-0.2, 0) is 11.3 Å². The number of alkyl halides is 2. The number of aliphatic imine (C=N–C) groups is 1. The van der Waals surface area contributed by atoms with Crippen molar-refractivity contribution < 1.29 is 32.2 Å². The molecule has 1 aromatic carbocycles. The number of aromatic nitrogens is 3. The van der Waals surface area contributed by atoms with Crippen molar-refractivity contribution in [1.82, 2.24) is 14.6 Å². The van der Waals surface area contributed by atoms with Crippen molar-refractivity contribution in [1.29, 1.82) is 0 Å². The number of carbonyl (C=O) groups is 1. The molecule has 1 amide bonds. The number of amides is 1. The molecule has 1 atom stereocenters. The maximum Gasteiger partial charge on any atom is 0.416 e. The molecule has 41 heavy (non-hydrogen) atoms. The van der Waals surface area contributed by atoms with Crippen LogP contribution in [0.4, 0.5) is 23.8 Å². The monoisotopic (exact) mass is 569 g/mol. The van der Waals surface area contributed by atoms with Gasteiger partial charge in [0.1, 0.15) is 23.5 Å². The van der Waals surface area contributed by atoms with Crippen LogP contribution >= 0.6 is 0 Å². The number of rotatable bonds is 4. The van der Waals surface area contributed by atoms with Gasteiger partial charge in [0.25, 0.3) is 6.43 Å². The maximum absolute atomic E-state index is 15.4. The lowest BCUT2D eigenvalue weighted by Crippen LogP contribution is -2.38. The highest BCUT2D eigenvalue weighted by Gasteiger charge is 2.37. The number of hydrogen-bond donors (Lipinski definition) is 0. The Labute approximate surface area is 234 Å². The summed E-state index contributed by atoms with van der Waals surface area (Å²) in [6.07, 6.45) is -0.598. The van der Waals surface area contributed by atoms with Gasteiger partial charge in [-0.2, -0.15) is 0 Å². The van der Waals surface area contributed by atoms with E-state index in [1.807, 2.05) is 0 Å². The number of pyridine rings is 1. The fourth-order valence-electron chi connectivity index (χ4n) is 4.99. The lowest BCUT2D eigenvalue weighted by atomic mass is 9.95. The van der Waals surface area contributed by atoms with Crippen molar-refractivity contribution in [3.05, 3.63) is 65.4 Å². The molecule has 0 unspecified atom stereocenters. The summed E-state index contributed by atoms with van der Waals surface area (Å²) >= 11 is 0. The second-order valence-electron chi connectivity index (χ2n) is 10.9. The van der Waals surface area contributed by atoms with Crippen LogP contribution in [0.5, 0.6) is 11.5 Å². The SMILES string of the molecule is C=C/C(=C(/C)N=C(C)C(F)F)c1cc2c(n3cnnc13)N(C(=O)OC(C)(C)C)Cc1c(F)ccc3c1[C@H](CO3)CO2. The van der Waals surface area contributed by atoms with Crippen molar-refractivity contribution in [2.75, 3.05) is 18.1 Å². The number of halogens is 3. The van der Waals surface area contributed by atoms with Gasteiger partial charge in [-0.25, -0.2) is 18.0 Å². The third kappa shape index (κ3) is 5.25. The minimum atomic E-state index is -2.73. The molecule has 0 radical (unpaired) electrons. The van der Waals surface area contributed by atoms with Gasteiger partial charge >= 0.3 is 6.09 Å². The quantitative estimate of drug-likeness (QED) is 0.270. The van der Waals surface area contributed by atoms with E-state index < -0.39 is 23.9 Å². The molecule has 3 aromatic rings. The van der Waals surface area contributed by atoms with Crippen LogP contribution in [0, 0.1) is 5.82 Å². The summed E-state index contributed by atoms with van der Waals surface area (Å²) in [6, 6.07) is 4.51. The lowest BCUT2D eigenvalue weighted by molar-refractivity contribution is 0.0574. The lowest BCUT2D eigenvalue weighted by Gasteiger charge is -2.29. The zero-order chi connectivity index (χ0) is 29.6. The van der Waals surface area contributed by atoms with Crippen molar-refractivity contribution >= 4 is 28.8 Å².